The van der Waals surface area contributed by atoms with Gasteiger partial charge in [0, 0.05) is 80.2 Å². The van der Waals surface area contributed by atoms with Crippen LogP contribution in [0.25, 0.3) is 20.2 Å². The Hall–Kier alpha value is -4.96. The number of ether oxygens (including phenoxy) is 2. The Morgan fingerprint density at radius 3 is 1.77 bits per heavy atom. The highest BCUT2D eigenvalue weighted by Crippen LogP contribution is 2.48. The van der Waals surface area contributed by atoms with Gasteiger partial charge in [-0.25, -0.2) is 0 Å². The Kier molecular flexibility index (Phi) is 17.9. The number of nitrogens with one attached hydrogen (secondary N) is 4. The van der Waals surface area contributed by atoms with E-state index in [1.807, 2.05) is 12.1 Å². The molecule has 1 unspecified atom stereocenters. The van der Waals surface area contributed by atoms with E-state index in [0.29, 0.717) is 67.3 Å². The maximum Gasteiger partial charge on any atom is 0.393 e. The van der Waals surface area contributed by atoms with Crippen LogP contribution in [0.1, 0.15) is 52.1 Å². The molecular weight excluding hydrogens is 1030 g/mol. The number of methoxy groups -OCH3 is 1. The van der Waals surface area contributed by atoms with Gasteiger partial charge in [0.15, 0.2) is 0 Å². The highest BCUT2D eigenvalue weighted by Gasteiger charge is 2.33. The van der Waals surface area contributed by atoms with E-state index in [1.54, 1.807) is 93.8 Å². The second-order valence-corrected chi connectivity index (χ2v) is 27.7. The number of thiophene rings is 2. The van der Waals surface area contributed by atoms with Crippen LogP contribution in [-0.4, -0.2) is 109 Å². The number of benzene rings is 4. The van der Waals surface area contributed by atoms with Gasteiger partial charge in [-0.3, -0.25) is 0 Å². The summed E-state index contributed by atoms with van der Waals surface area (Å²) in [4.78, 5) is 3.02. The van der Waals surface area contributed by atoms with Crippen molar-refractivity contribution >= 4 is 90.5 Å². The van der Waals surface area contributed by atoms with Crippen LogP contribution in [0.2, 0.25) is 0 Å². The predicted octanol–water partition coefficient (Wildman–Crippen LogP) is 12.4. The number of halogens is 6. The molecule has 4 aromatic carbocycles. The van der Waals surface area contributed by atoms with Crippen LogP contribution in [0.15, 0.2) is 78.9 Å². The first-order chi connectivity index (χ1) is 35.2. The number of nitrogens with zero attached hydrogens (tertiary/aromatic N) is 1. The second kappa shape index (κ2) is 23.9. The van der Waals surface area contributed by atoms with E-state index in [1.165, 1.54) is 22.7 Å². The molecule has 2 aliphatic heterocycles. The molecule has 8 rings (SSSR count). The van der Waals surface area contributed by atoms with Gasteiger partial charge in [0.05, 0.1) is 63.1 Å². The van der Waals surface area contributed by atoms with Crippen molar-refractivity contribution in [3.8, 4) is 23.7 Å². The largest absolute Gasteiger partial charge is 0.393 e. The topological polar surface area (TPSA) is 104 Å². The molecule has 0 saturated carbocycles. The van der Waals surface area contributed by atoms with Gasteiger partial charge in [-0.15, -0.1) is 22.7 Å². The van der Waals surface area contributed by atoms with Crippen molar-refractivity contribution in [3.63, 3.8) is 0 Å². The second-order valence-electron chi connectivity index (χ2n) is 19.4. The minimum absolute atomic E-state index is 0.0281. The van der Waals surface area contributed by atoms with Crippen LogP contribution in [0.3, 0.4) is 0 Å². The smallest absolute Gasteiger partial charge is 0.383 e. The van der Waals surface area contributed by atoms with E-state index in [4.69, 9.17) is 9.47 Å². The Balaban J connectivity index is 0.984. The fourth-order valence-electron chi connectivity index (χ4n) is 9.36. The van der Waals surface area contributed by atoms with Crippen LogP contribution in [0.4, 0.5) is 49.1 Å². The zero-order chi connectivity index (χ0) is 52.7. The highest BCUT2D eigenvalue weighted by atomic mass is 32.1. The van der Waals surface area contributed by atoms with Crippen molar-refractivity contribution in [2.75, 3.05) is 101 Å². The molecule has 0 radical (unpaired) electrons. The lowest BCUT2D eigenvalue weighted by Gasteiger charge is -2.32. The van der Waals surface area contributed by atoms with E-state index in [0.717, 1.165) is 66.7 Å². The molecule has 2 aliphatic rings. The molecule has 2 fully saturated rings. The molecule has 0 bridgehead atoms. The van der Waals surface area contributed by atoms with E-state index >= 15 is 0 Å². The number of alkyl halides is 6. The molecular formula is C55H61F6N5O4P2S2. The minimum atomic E-state index is -4.52. The molecule has 2 aromatic heterocycles. The zero-order valence-corrected chi connectivity index (χ0v) is 45.2. The van der Waals surface area contributed by atoms with E-state index < -0.39 is 39.5 Å². The molecule has 1 atom stereocenters. The molecule has 4 heterocycles. The van der Waals surface area contributed by atoms with Gasteiger partial charge in [0.25, 0.3) is 0 Å². The Labute approximate surface area is 437 Å². The molecule has 394 valence electrons. The Morgan fingerprint density at radius 2 is 1.22 bits per heavy atom. The maximum absolute atomic E-state index is 14.6. The third-order valence-corrected chi connectivity index (χ3v) is 19.5. The van der Waals surface area contributed by atoms with Gasteiger partial charge in [-0.05, 0) is 140 Å². The summed E-state index contributed by atoms with van der Waals surface area (Å²) >= 11 is 2.48. The number of hydrogen-bond acceptors (Lipinski definition) is 11. The molecule has 2 saturated heterocycles. The Bertz CT molecular complexity index is 3140. The van der Waals surface area contributed by atoms with Crippen LogP contribution < -0.4 is 31.9 Å². The van der Waals surface area contributed by atoms with Gasteiger partial charge in [-0.2, -0.15) is 26.3 Å². The quantitative estimate of drug-likeness (QED) is 0.0404. The first kappa shape index (κ1) is 55.3. The van der Waals surface area contributed by atoms with Crippen LogP contribution in [0.5, 0.6) is 0 Å². The summed E-state index contributed by atoms with van der Waals surface area (Å²) in [6.45, 7) is 9.82. The molecule has 4 N–H and O–H groups in total. The fraction of sp³-hybridized carbons (Fsp3) is 0.418. The molecule has 9 nitrogen and oxygen atoms in total. The normalized spacial score (nSPS) is 16.0. The van der Waals surface area contributed by atoms with E-state index in [2.05, 4.69) is 49.8 Å². The van der Waals surface area contributed by atoms with Crippen molar-refractivity contribution < 1.29 is 44.9 Å². The summed E-state index contributed by atoms with van der Waals surface area (Å²) in [5, 5.41) is 15.9. The average Bonchev–Trinajstić information content (AvgIpc) is 3.87. The van der Waals surface area contributed by atoms with E-state index in [9.17, 15) is 35.5 Å². The van der Waals surface area contributed by atoms with Crippen LogP contribution in [0, 0.1) is 23.7 Å². The first-order valence-corrected chi connectivity index (χ1v) is 31.2. The maximum atomic E-state index is 14.6. The molecule has 0 spiro atoms. The number of rotatable bonds is 17. The van der Waals surface area contributed by atoms with Crippen molar-refractivity contribution in [2.24, 2.45) is 0 Å². The first-order valence-electron chi connectivity index (χ1n) is 24.6. The summed E-state index contributed by atoms with van der Waals surface area (Å²) in [6.07, 6.45) is -7.88. The van der Waals surface area contributed by atoms with Gasteiger partial charge < -0.3 is 44.8 Å². The molecule has 6 aromatic rings. The van der Waals surface area contributed by atoms with Crippen molar-refractivity contribution in [2.45, 2.75) is 69.1 Å². The average molecular weight is 1100 g/mol. The SMILES string of the molecule is COCCN1CCC(Nc2cccc3c(CC(F)(F)F)c(C#CCNc4ccc(P(C)(=O)Cc5cc(NC6CCOCC6)c6sc(C#CCNc7ccc(P(C)(C)=O)cc7)c(CC(F)(F)F)c6c5)cc4)sc23)CC1. The summed E-state index contributed by atoms with van der Waals surface area (Å²) in [6, 6.07) is 23.5. The number of fused-ring (bicyclic) bond motifs is 2. The summed E-state index contributed by atoms with van der Waals surface area (Å²) in [5.74, 6) is 12.1. The van der Waals surface area contributed by atoms with Crippen LogP contribution >= 0.6 is 37.0 Å². The lowest BCUT2D eigenvalue weighted by atomic mass is 10.0. The van der Waals surface area contributed by atoms with Gasteiger partial charge >= 0.3 is 12.4 Å². The third-order valence-electron chi connectivity index (χ3n) is 13.2. The summed E-state index contributed by atoms with van der Waals surface area (Å²) in [5.41, 5.74) is 3.74. The lowest BCUT2D eigenvalue weighted by Crippen LogP contribution is -2.40. The standard InChI is InChI=1S/C55H61F6N5O4P2S2/c1-69-31-28-66-26-20-40(21-27-66)64-48-9-5-8-44-46(34-54(56,57)58)50(73-52(44)48)10-6-24-63-39-14-18-43(19-15-39)72(4,68)36-37-32-45-47(35-55(59,60)61)51(74-53(45)49(33-37)65-41-22-29-70-30-23-41)11-7-25-62-38-12-16-42(17-13-38)71(2,3)67/h5,8-9,12-19,32-33,40-41,62-65H,20-31,34-36H2,1-4H3. The highest BCUT2D eigenvalue weighted by molar-refractivity contribution is 7.70. The number of hydrogen-bond donors (Lipinski definition) is 4. The number of anilines is 4. The van der Waals surface area contributed by atoms with Crippen LogP contribution in [-0.2, 0) is 37.6 Å². The predicted molar refractivity (Wildman–Crippen MR) is 295 cm³/mol. The van der Waals surface area contributed by atoms with Gasteiger partial charge in [-0.1, -0.05) is 35.8 Å². The van der Waals surface area contributed by atoms with Crippen molar-refractivity contribution in [1.82, 2.24) is 4.90 Å². The van der Waals surface area contributed by atoms with Gasteiger partial charge in [0.2, 0.25) is 0 Å². The third kappa shape index (κ3) is 14.9. The zero-order valence-electron chi connectivity index (χ0n) is 41.8. The number of piperidine rings is 1. The lowest BCUT2D eigenvalue weighted by molar-refractivity contribution is -0.127. The molecule has 19 heteroatoms. The number of likely N-dealkylation sites (tertiary alicyclic amines) is 1. The van der Waals surface area contributed by atoms with Crippen molar-refractivity contribution in [1.29, 1.82) is 0 Å². The van der Waals surface area contributed by atoms with E-state index in [-0.39, 0.29) is 42.5 Å². The fourth-order valence-corrected chi connectivity index (χ4v) is 14.4. The molecule has 0 amide bonds. The molecule has 74 heavy (non-hydrogen) atoms. The summed E-state index contributed by atoms with van der Waals surface area (Å²) < 4.78 is 124. The Morgan fingerprint density at radius 1 is 0.689 bits per heavy atom. The summed E-state index contributed by atoms with van der Waals surface area (Å²) in [7, 11) is -3.89. The van der Waals surface area contributed by atoms with Gasteiger partial charge in [0.1, 0.15) is 14.3 Å². The minimum Gasteiger partial charge on any atom is -0.383 e. The van der Waals surface area contributed by atoms with Crippen molar-refractivity contribution in [3.05, 3.63) is 105 Å². The molecule has 0 aliphatic carbocycles. The monoisotopic (exact) mass is 1100 g/mol.